The van der Waals surface area contributed by atoms with Gasteiger partial charge in [-0.3, -0.25) is 0 Å². The molecule has 1 atom stereocenters. The second kappa shape index (κ2) is 12.9. The number of hydrogen-bond donors (Lipinski definition) is 1. The molecule has 4 heteroatoms. The maximum absolute atomic E-state index is 6.02. The highest BCUT2D eigenvalue weighted by molar-refractivity contribution is 5.85. The van der Waals surface area contributed by atoms with Gasteiger partial charge in [-0.15, -0.1) is 12.4 Å². The zero-order valence-corrected chi connectivity index (χ0v) is 18.7. The molecule has 0 heterocycles. The summed E-state index contributed by atoms with van der Waals surface area (Å²) in [5, 5.41) is 3.70. The minimum atomic E-state index is 0. The Labute approximate surface area is 186 Å². The van der Waals surface area contributed by atoms with E-state index in [1.165, 1.54) is 11.1 Å². The van der Waals surface area contributed by atoms with Crippen molar-refractivity contribution in [3.05, 3.63) is 95.6 Å². The Bertz CT molecular complexity index is 855. The van der Waals surface area contributed by atoms with Crippen LogP contribution in [0.1, 0.15) is 49.4 Å². The number of hydrogen-bond acceptors (Lipinski definition) is 3. The van der Waals surface area contributed by atoms with Crippen molar-refractivity contribution in [2.45, 2.75) is 45.9 Å². The summed E-state index contributed by atoms with van der Waals surface area (Å²) in [6.07, 6.45) is 2.25. The van der Waals surface area contributed by atoms with E-state index >= 15 is 0 Å². The molecule has 0 saturated carbocycles. The van der Waals surface area contributed by atoms with Gasteiger partial charge in [0.2, 0.25) is 0 Å². The van der Waals surface area contributed by atoms with Gasteiger partial charge in [-0.25, -0.2) is 0 Å². The van der Waals surface area contributed by atoms with E-state index in [1.54, 1.807) is 0 Å². The van der Waals surface area contributed by atoms with Crippen molar-refractivity contribution in [1.82, 2.24) is 5.32 Å². The summed E-state index contributed by atoms with van der Waals surface area (Å²) in [5.41, 5.74) is 3.67. The lowest BCUT2D eigenvalue weighted by molar-refractivity contribution is 0.269. The number of ether oxygens (including phenoxy) is 2. The van der Waals surface area contributed by atoms with Gasteiger partial charge in [-0.1, -0.05) is 80.1 Å². The zero-order chi connectivity index (χ0) is 20.3. The Kier molecular flexibility index (Phi) is 10.3. The molecule has 0 aliphatic heterocycles. The molecule has 3 aromatic rings. The van der Waals surface area contributed by atoms with E-state index in [-0.39, 0.29) is 12.4 Å². The van der Waals surface area contributed by atoms with Crippen LogP contribution in [0, 0.1) is 0 Å². The molecule has 0 spiro atoms. The summed E-state index contributed by atoms with van der Waals surface area (Å²) in [4.78, 5) is 0. The number of rotatable bonds is 11. The highest BCUT2D eigenvalue weighted by Crippen LogP contribution is 2.30. The van der Waals surface area contributed by atoms with Gasteiger partial charge in [0.05, 0.1) is 6.61 Å². The molecule has 0 fully saturated rings. The average molecular weight is 426 g/mol. The van der Waals surface area contributed by atoms with Crippen molar-refractivity contribution in [3.8, 4) is 11.5 Å². The van der Waals surface area contributed by atoms with Crippen molar-refractivity contribution in [2.24, 2.45) is 0 Å². The first kappa shape index (κ1) is 23.8. The monoisotopic (exact) mass is 425 g/mol. The predicted octanol–water partition coefficient (Wildman–Crippen LogP) is 6.72. The summed E-state index contributed by atoms with van der Waals surface area (Å²) in [6.45, 7) is 6.16. The molecule has 160 valence electrons. The van der Waals surface area contributed by atoms with Crippen molar-refractivity contribution in [3.63, 3.8) is 0 Å². The third kappa shape index (κ3) is 7.08. The number of benzene rings is 3. The Morgan fingerprint density at radius 1 is 0.767 bits per heavy atom. The van der Waals surface area contributed by atoms with Crippen LogP contribution in [0.15, 0.2) is 78.9 Å². The standard InChI is InChI=1S/C26H31NO2.ClH/c1-3-11-24(23-14-9-6-10-15-23)27-19-22-16-17-25(26(18-22)28-4-2)29-20-21-12-7-5-8-13-21;/h5-10,12-18,24,27H,3-4,11,19-20H2,1-2H3;1H. The molecule has 0 aliphatic carbocycles. The lowest BCUT2D eigenvalue weighted by Crippen LogP contribution is -2.20. The van der Waals surface area contributed by atoms with Gasteiger partial charge in [0, 0.05) is 12.6 Å². The van der Waals surface area contributed by atoms with Gasteiger partial charge in [0.15, 0.2) is 11.5 Å². The Hall–Kier alpha value is -2.49. The number of halogens is 1. The van der Waals surface area contributed by atoms with E-state index in [4.69, 9.17) is 9.47 Å². The molecule has 0 saturated heterocycles. The third-order valence-corrected chi connectivity index (χ3v) is 4.88. The quantitative estimate of drug-likeness (QED) is 0.370. The average Bonchev–Trinajstić information content (AvgIpc) is 2.77. The van der Waals surface area contributed by atoms with Gasteiger partial charge < -0.3 is 14.8 Å². The lowest BCUT2D eigenvalue weighted by Gasteiger charge is -2.19. The van der Waals surface area contributed by atoms with Crippen molar-refractivity contribution in [2.75, 3.05) is 6.61 Å². The molecule has 0 aliphatic rings. The second-order valence-corrected chi connectivity index (χ2v) is 7.12. The minimum Gasteiger partial charge on any atom is -0.490 e. The van der Waals surface area contributed by atoms with E-state index in [0.717, 1.165) is 36.4 Å². The van der Waals surface area contributed by atoms with E-state index in [2.05, 4.69) is 66.8 Å². The number of nitrogens with one attached hydrogen (secondary N) is 1. The molecule has 3 aromatic carbocycles. The van der Waals surface area contributed by atoms with Crippen LogP contribution in [-0.4, -0.2) is 6.61 Å². The predicted molar refractivity (Wildman–Crippen MR) is 127 cm³/mol. The van der Waals surface area contributed by atoms with Crippen LogP contribution in [0.5, 0.6) is 11.5 Å². The van der Waals surface area contributed by atoms with Gasteiger partial charge in [-0.2, -0.15) is 0 Å². The first-order chi connectivity index (χ1) is 14.3. The molecule has 0 bridgehead atoms. The lowest BCUT2D eigenvalue weighted by atomic mass is 10.0. The highest BCUT2D eigenvalue weighted by Gasteiger charge is 2.11. The van der Waals surface area contributed by atoms with Crippen LogP contribution in [-0.2, 0) is 13.2 Å². The van der Waals surface area contributed by atoms with Crippen LogP contribution in [0.2, 0.25) is 0 Å². The minimum absolute atomic E-state index is 0. The van der Waals surface area contributed by atoms with Crippen molar-refractivity contribution < 1.29 is 9.47 Å². The fourth-order valence-electron chi connectivity index (χ4n) is 3.39. The van der Waals surface area contributed by atoms with Gasteiger partial charge in [0.1, 0.15) is 6.61 Å². The molecule has 3 rings (SSSR count). The molecular weight excluding hydrogens is 394 g/mol. The zero-order valence-electron chi connectivity index (χ0n) is 17.8. The largest absolute Gasteiger partial charge is 0.490 e. The first-order valence-electron chi connectivity index (χ1n) is 10.5. The Balaban J connectivity index is 0.00000320. The van der Waals surface area contributed by atoms with Gasteiger partial charge in [0.25, 0.3) is 0 Å². The smallest absolute Gasteiger partial charge is 0.161 e. The van der Waals surface area contributed by atoms with Crippen LogP contribution in [0.4, 0.5) is 0 Å². The molecule has 1 unspecified atom stereocenters. The summed E-state index contributed by atoms with van der Waals surface area (Å²) in [6, 6.07) is 27.4. The summed E-state index contributed by atoms with van der Waals surface area (Å²) in [7, 11) is 0. The Morgan fingerprint density at radius 3 is 2.13 bits per heavy atom. The molecule has 1 N–H and O–H groups in total. The Morgan fingerprint density at radius 2 is 1.47 bits per heavy atom. The SMILES string of the molecule is CCCC(NCc1ccc(OCc2ccccc2)c(OCC)c1)c1ccccc1.Cl. The topological polar surface area (TPSA) is 30.5 Å². The maximum atomic E-state index is 6.02. The molecular formula is C26H32ClNO2. The summed E-state index contributed by atoms with van der Waals surface area (Å²) in [5.74, 6) is 1.59. The normalized spacial score (nSPS) is 11.4. The third-order valence-electron chi connectivity index (χ3n) is 4.88. The summed E-state index contributed by atoms with van der Waals surface area (Å²) >= 11 is 0. The van der Waals surface area contributed by atoms with Crippen LogP contribution >= 0.6 is 12.4 Å². The molecule has 3 nitrogen and oxygen atoms in total. The molecule has 0 amide bonds. The summed E-state index contributed by atoms with van der Waals surface area (Å²) < 4.78 is 11.9. The fourth-order valence-corrected chi connectivity index (χ4v) is 3.39. The maximum Gasteiger partial charge on any atom is 0.161 e. The van der Waals surface area contributed by atoms with Gasteiger partial charge in [-0.05, 0) is 42.2 Å². The first-order valence-corrected chi connectivity index (χ1v) is 10.5. The van der Waals surface area contributed by atoms with Gasteiger partial charge >= 0.3 is 0 Å². The van der Waals surface area contributed by atoms with E-state index < -0.39 is 0 Å². The van der Waals surface area contributed by atoms with Crippen LogP contribution < -0.4 is 14.8 Å². The van der Waals surface area contributed by atoms with Crippen molar-refractivity contribution in [1.29, 1.82) is 0 Å². The fraction of sp³-hybridized carbons (Fsp3) is 0.308. The van der Waals surface area contributed by atoms with Crippen LogP contribution in [0.3, 0.4) is 0 Å². The van der Waals surface area contributed by atoms with Crippen molar-refractivity contribution >= 4 is 12.4 Å². The molecule has 30 heavy (non-hydrogen) atoms. The van der Waals surface area contributed by atoms with E-state index in [1.807, 2.05) is 31.2 Å². The molecule has 0 radical (unpaired) electrons. The molecule has 0 aromatic heterocycles. The van der Waals surface area contributed by atoms with E-state index in [0.29, 0.717) is 19.3 Å². The second-order valence-electron chi connectivity index (χ2n) is 7.12. The highest BCUT2D eigenvalue weighted by atomic mass is 35.5. The van der Waals surface area contributed by atoms with Crippen LogP contribution in [0.25, 0.3) is 0 Å². The van der Waals surface area contributed by atoms with E-state index in [9.17, 15) is 0 Å².